The summed E-state index contributed by atoms with van der Waals surface area (Å²) in [6.07, 6.45) is 3.59. The Morgan fingerprint density at radius 2 is 2.11 bits per heavy atom. The third kappa shape index (κ3) is 3.04. The van der Waals surface area contributed by atoms with Crippen molar-refractivity contribution in [2.75, 3.05) is 18.6 Å². The van der Waals surface area contributed by atoms with E-state index in [0.717, 1.165) is 0 Å². The zero-order valence-electron chi connectivity index (χ0n) is 10.00. The first-order chi connectivity index (χ1) is 8.50. The lowest BCUT2D eigenvalue weighted by molar-refractivity contribution is 0.0965. The summed E-state index contributed by atoms with van der Waals surface area (Å²) in [6.45, 7) is 0. The van der Waals surface area contributed by atoms with E-state index in [9.17, 15) is 13.2 Å². The van der Waals surface area contributed by atoms with Gasteiger partial charge in [0.15, 0.2) is 15.6 Å². The van der Waals surface area contributed by atoms with Gasteiger partial charge in [0.25, 0.3) is 0 Å². The van der Waals surface area contributed by atoms with Gasteiger partial charge >= 0.3 is 6.01 Å². The molecule has 0 saturated carbocycles. The topological polar surface area (TPSA) is 86.2 Å². The number of hydrogen-bond acceptors (Lipinski definition) is 6. The standard InChI is InChI=1S/C11H14N2O4S/c1-17-11-12-5-9(6-13-11)10(14)4-8-2-3-18(15,16)7-8/h5-6,8H,2-4,7H2,1H3. The summed E-state index contributed by atoms with van der Waals surface area (Å²) in [5, 5.41) is 0. The van der Waals surface area contributed by atoms with Gasteiger partial charge in [-0.25, -0.2) is 18.4 Å². The highest BCUT2D eigenvalue weighted by atomic mass is 32.2. The van der Waals surface area contributed by atoms with Crippen LogP contribution in [-0.4, -0.2) is 42.8 Å². The van der Waals surface area contributed by atoms with Crippen LogP contribution in [0.2, 0.25) is 0 Å². The third-order valence-corrected chi connectivity index (χ3v) is 4.77. The minimum absolute atomic E-state index is 0.0791. The Balaban J connectivity index is 1.99. The molecular weight excluding hydrogens is 256 g/mol. The van der Waals surface area contributed by atoms with E-state index in [1.165, 1.54) is 19.5 Å². The van der Waals surface area contributed by atoms with Gasteiger partial charge in [-0.15, -0.1) is 0 Å². The van der Waals surface area contributed by atoms with Crippen LogP contribution in [0.5, 0.6) is 6.01 Å². The van der Waals surface area contributed by atoms with Gasteiger partial charge in [-0.2, -0.15) is 0 Å². The van der Waals surface area contributed by atoms with Gasteiger partial charge in [-0.3, -0.25) is 4.79 Å². The quantitative estimate of drug-likeness (QED) is 0.740. The van der Waals surface area contributed by atoms with E-state index < -0.39 is 9.84 Å². The van der Waals surface area contributed by atoms with Crippen LogP contribution in [0.1, 0.15) is 23.2 Å². The monoisotopic (exact) mass is 270 g/mol. The highest BCUT2D eigenvalue weighted by molar-refractivity contribution is 7.91. The second kappa shape index (κ2) is 5.01. The fraction of sp³-hybridized carbons (Fsp3) is 0.545. The lowest BCUT2D eigenvalue weighted by Gasteiger charge is -2.06. The molecule has 2 rings (SSSR count). The van der Waals surface area contributed by atoms with Crippen molar-refractivity contribution in [2.45, 2.75) is 12.8 Å². The molecule has 1 saturated heterocycles. The summed E-state index contributed by atoms with van der Waals surface area (Å²) in [5.41, 5.74) is 0.389. The number of nitrogens with zero attached hydrogens (tertiary/aromatic N) is 2. The van der Waals surface area contributed by atoms with Crippen LogP contribution in [0.3, 0.4) is 0 Å². The van der Waals surface area contributed by atoms with E-state index >= 15 is 0 Å². The van der Waals surface area contributed by atoms with Crippen LogP contribution in [0.15, 0.2) is 12.4 Å². The summed E-state index contributed by atoms with van der Waals surface area (Å²) in [5.74, 6) is 0.0872. The Labute approximate surface area is 105 Å². The largest absolute Gasteiger partial charge is 0.467 e. The number of ether oxygens (including phenoxy) is 1. The smallest absolute Gasteiger partial charge is 0.316 e. The van der Waals surface area contributed by atoms with E-state index in [4.69, 9.17) is 4.74 Å². The molecular formula is C11H14N2O4S. The molecule has 0 bridgehead atoms. The SMILES string of the molecule is COc1ncc(C(=O)CC2CCS(=O)(=O)C2)cn1. The maximum absolute atomic E-state index is 11.9. The average Bonchev–Trinajstić information content (AvgIpc) is 2.68. The number of aromatic nitrogens is 2. The minimum Gasteiger partial charge on any atom is -0.467 e. The molecule has 0 amide bonds. The number of hydrogen-bond donors (Lipinski definition) is 0. The third-order valence-electron chi connectivity index (χ3n) is 2.93. The van der Waals surface area contributed by atoms with Crippen molar-refractivity contribution in [3.8, 4) is 6.01 Å². The van der Waals surface area contributed by atoms with Gasteiger partial charge in [0.2, 0.25) is 0 Å². The molecule has 7 heteroatoms. The van der Waals surface area contributed by atoms with Gasteiger partial charge in [0.05, 0.1) is 24.2 Å². The van der Waals surface area contributed by atoms with Crippen LogP contribution >= 0.6 is 0 Å². The van der Waals surface area contributed by atoms with Crippen LogP contribution in [0, 0.1) is 5.92 Å². The molecule has 0 aliphatic carbocycles. The van der Waals surface area contributed by atoms with Crippen molar-refractivity contribution in [1.29, 1.82) is 0 Å². The predicted octanol–water partition coefficient (Wildman–Crippen LogP) is 0.493. The Morgan fingerprint density at radius 1 is 1.44 bits per heavy atom. The van der Waals surface area contributed by atoms with Crippen molar-refractivity contribution in [3.05, 3.63) is 18.0 Å². The Kier molecular flexibility index (Phi) is 3.60. The first kappa shape index (κ1) is 12.9. The molecule has 1 aromatic heterocycles. The maximum Gasteiger partial charge on any atom is 0.316 e. The molecule has 0 aromatic carbocycles. The number of sulfone groups is 1. The summed E-state index contributed by atoms with van der Waals surface area (Å²) in [6, 6.07) is 0.204. The molecule has 2 heterocycles. The summed E-state index contributed by atoms with van der Waals surface area (Å²) in [4.78, 5) is 19.6. The van der Waals surface area contributed by atoms with E-state index in [1.807, 2.05) is 0 Å². The van der Waals surface area contributed by atoms with E-state index in [1.54, 1.807) is 0 Å². The molecule has 1 atom stereocenters. The van der Waals surface area contributed by atoms with Gasteiger partial charge in [-0.1, -0.05) is 0 Å². The van der Waals surface area contributed by atoms with Crippen LogP contribution in [-0.2, 0) is 9.84 Å². The minimum atomic E-state index is -2.94. The Bertz CT molecular complexity index is 539. The molecule has 0 spiro atoms. The lowest BCUT2D eigenvalue weighted by atomic mass is 9.99. The summed E-state index contributed by atoms with van der Waals surface area (Å²) < 4.78 is 27.4. The molecule has 1 aliphatic rings. The maximum atomic E-state index is 11.9. The molecule has 0 radical (unpaired) electrons. The van der Waals surface area contributed by atoms with Gasteiger partial charge in [-0.05, 0) is 12.3 Å². The number of carbonyl (C=O) groups is 1. The Hall–Kier alpha value is -1.50. The van der Waals surface area contributed by atoms with Crippen LogP contribution < -0.4 is 4.74 Å². The lowest BCUT2D eigenvalue weighted by Crippen LogP contribution is -2.11. The number of carbonyl (C=O) groups excluding carboxylic acids is 1. The zero-order valence-corrected chi connectivity index (χ0v) is 10.8. The molecule has 1 fully saturated rings. The first-order valence-corrected chi connectivity index (χ1v) is 7.42. The van der Waals surface area contributed by atoms with Crippen molar-refractivity contribution < 1.29 is 17.9 Å². The molecule has 1 aliphatic heterocycles. The molecule has 18 heavy (non-hydrogen) atoms. The summed E-state index contributed by atoms with van der Waals surface area (Å²) >= 11 is 0. The highest BCUT2D eigenvalue weighted by Gasteiger charge is 2.29. The van der Waals surface area contributed by atoms with Crippen LogP contribution in [0.25, 0.3) is 0 Å². The highest BCUT2D eigenvalue weighted by Crippen LogP contribution is 2.23. The first-order valence-electron chi connectivity index (χ1n) is 5.60. The van der Waals surface area contributed by atoms with Crippen molar-refractivity contribution >= 4 is 15.6 Å². The number of rotatable bonds is 4. The number of methoxy groups -OCH3 is 1. The van der Waals surface area contributed by atoms with Gasteiger partial charge in [0.1, 0.15) is 0 Å². The predicted molar refractivity (Wildman–Crippen MR) is 64.3 cm³/mol. The van der Waals surface area contributed by atoms with E-state index in [2.05, 4.69) is 9.97 Å². The fourth-order valence-corrected chi connectivity index (χ4v) is 3.84. The van der Waals surface area contributed by atoms with Crippen LogP contribution in [0.4, 0.5) is 0 Å². The summed E-state index contributed by atoms with van der Waals surface area (Å²) in [7, 11) is -1.49. The van der Waals surface area contributed by atoms with Gasteiger partial charge < -0.3 is 4.74 Å². The van der Waals surface area contributed by atoms with Crippen molar-refractivity contribution in [1.82, 2.24) is 9.97 Å². The second-order valence-corrected chi connectivity index (χ2v) is 6.58. The number of Topliss-reactive ketones (excluding diaryl/α,β-unsaturated/α-hetero) is 1. The van der Waals surface area contributed by atoms with E-state index in [0.29, 0.717) is 12.0 Å². The van der Waals surface area contributed by atoms with E-state index in [-0.39, 0.29) is 35.6 Å². The number of ketones is 1. The molecule has 1 unspecified atom stereocenters. The molecule has 98 valence electrons. The van der Waals surface area contributed by atoms with Gasteiger partial charge in [0, 0.05) is 18.8 Å². The fourth-order valence-electron chi connectivity index (χ4n) is 1.98. The Morgan fingerprint density at radius 3 is 2.61 bits per heavy atom. The average molecular weight is 270 g/mol. The van der Waals surface area contributed by atoms with Crippen molar-refractivity contribution in [3.63, 3.8) is 0 Å². The molecule has 6 nitrogen and oxygen atoms in total. The molecule has 1 aromatic rings. The molecule has 0 N–H and O–H groups in total. The normalized spacial score (nSPS) is 21.7. The van der Waals surface area contributed by atoms with Crippen molar-refractivity contribution in [2.24, 2.45) is 5.92 Å². The second-order valence-electron chi connectivity index (χ2n) is 4.35. The zero-order chi connectivity index (χ0) is 13.2.